The van der Waals surface area contributed by atoms with Crippen LogP contribution in [0.4, 0.5) is 0 Å². The lowest BCUT2D eigenvalue weighted by Crippen LogP contribution is -2.45. The van der Waals surface area contributed by atoms with Crippen LogP contribution in [0.3, 0.4) is 0 Å². The summed E-state index contributed by atoms with van der Waals surface area (Å²) in [6.45, 7) is 1.56. The molecule has 0 bridgehead atoms. The molecule has 7 nitrogen and oxygen atoms in total. The topological polar surface area (TPSA) is 85.5 Å². The predicted molar refractivity (Wildman–Crippen MR) is 119 cm³/mol. The molecule has 8 heteroatoms. The minimum absolute atomic E-state index is 0.144. The Bertz CT molecular complexity index is 1130. The molecule has 0 spiro atoms. The molecular formula is C24H27N3O4S. The van der Waals surface area contributed by atoms with Crippen LogP contribution in [0.5, 0.6) is 0 Å². The quantitative estimate of drug-likeness (QED) is 0.567. The smallest absolute Gasteiger partial charge is 0.243 e. The average molecular weight is 454 g/mol. The summed E-state index contributed by atoms with van der Waals surface area (Å²) >= 11 is 0. The molecule has 1 unspecified atom stereocenters. The zero-order valence-electron chi connectivity index (χ0n) is 17.9. The van der Waals surface area contributed by atoms with Gasteiger partial charge in [0.05, 0.1) is 16.4 Å². The molecule has 1 aromatic heterocycles. The van der Waals surface area contributed by atoms with Crippen molar-refractivity contribution < 1.29 is 17.7 Å². The Hall–Kier alpha value is -2.55. The Kier molecular flexibility index (Phi) is 5.84. The zero-order chi connectivity index (χ0) is 22.0. The van der Waals surface area contributed by atoms with Gasteiger partial charge < -0.3 is 9.26 Å². The van der Waals surface area contributed by atoms with Crippen molar-refractivity contribution in [2.45, 2.75) is 48.5 Å². The maximum Gasteiger partial charge on any atom is 0.243 e. The summed E-state index contributed by atoms with van der Waals surface area (Å²) in [5, 5.41) is 4.24. The third-order valence-corrected chi connectivity index (χ3v) is 8.51. The first-order valence-corrected chi connectivity index (χ1v) is 12.6. The van der Waals surface area contributed by atoms with E-state index >= 15 is 0 Å². The second-order valence-electron chi connectivity index (χ2n) is 8.52. The normalized spacial score (nSPS) is 21.6. The first kappa shape index (κ1) is 21.3. The number of sulfonamides is 1. The Morgan fingerprint density at radius 3 is 2.34 bits per heavy atom. The van der Waals surface area contributed by atoms with Crippen LogP contribution in [0.2, 0.25) is 0 Å². The Morgan fingerprint density at radius 1 is 1.00 bits per heavy atom. The summed E-state index contributed by atoms with van der Waals surface area (Å²) in [6.07, 6.45) is 4.01. The number of rotatable bonds is 6. The van der Waals surface area contributed by atoms with E-state index in [-0.39, 0.29) is 6.10 Å². The molecule has 0 amide bonds. The largest absolute Gasteiger partial charge is 0.378 e. The number of nitrogens with zero attached hydrogens (tertiary/aromatic N) is 3. The van der Waals surface area contributed by atoms with E-state index in [1.807, 2.05) is 24.3 Å². The zero-order valence-corrected chi connectivity index (χ0v) is 18.7. The summed E-state index contributed by atoms with van der Waals surface area (Å²) in [4.78, 5) is 5.09. The van der Waals surface area contributed by atoms with Gasteiger partial charge in [-0.3, -0.25) is 0 Å². The van der Waals surface area contributed by atoms with Gasteiger partial charge in [0.2, 0.25) is 15.9 Å². The van der Waals surface area contributed by atoms with Crippen molar-refractivity contribution in [2.75, 3.05) is 19.7 Å². The maximum absolute atomic E-state index is 13.1. The monoisotopic (exact) mass is 453 g/mol. The lowest BCUT2D eigenvalue weighted by atomic mass is 9.73. The van der Waals surface area contributed by atoms with Crippen LogP contribution in [0, 0.1) is 0 Å². The minimum Gasteiger partial charge on any atom is -0.378 e. The second kappa shape index (κ2) is 8.77. The molecule has 2 fully saturated rings. The first-order valence-electron chi connectivity index (χ1n) is 11.1. The molecule has 2 aliphatic rings. The molecule has 5 rings (SSSR count). The van der Waals surface area contributed by atoms with Crippen molar-refractivity contribution in [1.29, 1.82) is 0 Å². The lowest BCUT2D eigenvalue weighted by Gasteiger charge is -2.39. The van der Waals surface area contributed by atoms with Gasteiger partial charge in [0, 0.05) is 26.1 Å². The van der Waals surface area contributed by atoms with Gasteiger partial charge in [-0.25, -0.2) is 8.42 Å². The van der Waals surface area contributed by atoms with E-state index in [4.69, 9.17) is 14.2 Å². The van der Waals surface area contributed by atoms with Crippen LogP contribution in [0.15, 0.2) is 70.1 Å². The molecule has 0 saturated carbocycles. The second-order valence-corrected chi connectivity index (χ2v) is 10.5. The molecule has 3 aromatic rings. The fraction of sp³-hybridized carbons (Fsp3) is 0.417. The van der Waals surface area contributed by atoms with E-state index in [1.165, 1.54) is 0 Å². The van der Waals surface area contributed by atoms with Gasteiger partial charge in [-0.15, -0.1) is 0 Å². The van der Waals surface area contributed by atoms with Gasteiger partial charge in [-0.05, 0) is 43.4 Å². The fourth-order valence-corrected chi connectivity index (χ4v) is 6.24. The summed E-state index contributed by atoms with van der Waals surface area (Å²) < 4.78 is 39.3. The number of hydrogen-bond donors (Lipinski definition) is 0. The van der Waals surface area contributed by atoms with Gasteiger partial charge in [-0.2, -0.15) is 9.29 Å². The van der Waals surface area contributed by atoms with Crippen LogP contribution >= 0.6 is 0 Å². The molecule has 168 valence electrons. The third-order valence-electron chi connectivity index (χ3n) is 6.60. The van der Waals surface area contributed by atoms with E-state index in [0.717, 1.165) is 25.0 Å². The highest BCUT2D eigenvalue weighted by Gasteiger charge is 2.45. The number of benzene rings is 2. The van der Waals surface area contributed by atoms with Crippen LogP contribution in [0.25, 0.3) is 0 Å². The van der Waals surface area contributed by atoms with Gasteiger partial charge in [0.1, 0.15) is 0 Å². The molecule has 1 atom stereocenters. The van der Waals surface area contributed by atoms with E-state index in [1.54, 1.807) is 28.6 Å². The first-order chi connectivity index (χ1) is 15.6. The number of aromatic nitrogens is 2. The standard InChI is InChI=1S/C24H27N3O4S/c28-32(29,21-11-5-2-6-12-21)27-15-13-24(14-16-27,19-8-3-1-4-9-19)23-25-22(26-31-23)18-20-10-7-17-30-20/h1-6,8-9,11-12,20H,7,10,13-18H2. The molecule has 0 aliphatic carbocycles. The van der Waals surface area contributed by atoms with Crippen molar-refractivity contribution in [2.24, 2.45) is 0 Å². The third kappa shape index (κ3) is 3.98. The van der Waals surface area contributed by atoms with Crippen LogP contribution in [-0.4, -0.2) is 48.7 Å². The molecule has 3 heterocycles. The van der Waals surface area contributed by atoms with E-state index in [0.29, 0.717) is 49.0 Å². The van der Waals surface area contributed by atoms with E-state index in [2.05, 4.69) is 17.3 Å². The van der Waals surface area contributed by atoms with Gasteiger partial charge in [0.25, 0.3) is 0 Å². The predicted octanol–water partition coefficient (Wildman–Crippen LogP) is 3.56. The minimum atomic E-state index is -3.54. The van der Waals surface area contributed by atoms with Crippen molar-refractivity contribution in [1.82, 2.24) is 14.4 Å². The average Bonchev–Trinajstić information content (AvgIpc) is 3.53. The van der Waals surface area contributed by atoms with Crippen molar-refractivity contribution >= 4 is 10.0 Å². The molecular weight excluding hydrogens is 426 g/mol. The van der Waals surface area contributed by atoms with Gasteiger partial charge in [-0.1, -0.05) is 53.7 Å². The summed E-state index contributed by atoms with van der Waals surface area (Å²) in [5.74, 6) is 1.22. The van der Waals surface area contributed by atoms with Crippen molar-refractivity contribution in [3.63, 3.8) is 0 Å². The Labute approximate surface area is 188 Å². The highest BCUT2D eigenvalue weighted by molar-refractivity contribution is 7.89. The highest BCUT2D eigenvalue weighted by Crippen LogP contribution is 2.42. The van der Waals surface area contributed by atoms with Crippen molar-refractivity contribution in [3.8, 4) is 0 Å². The summed E-state index contributed by atoms with van der Waals surface area (Å²) in [5.41, 5.74) is 0.565. The van der Waals surface area contributed by atoms with Crippen LogP contribution < -0.4 is 0 Å². The summed E-state index contributed by atoms with van der Waals surface area (Å²) in [7, 11) is -3.54. The van der Waals surface area contributed by atoms with Gasteiger partial charge in [0.15, 0.2) is 5.82 Å². The fourth-order valence-electron chi connectivity index (χ4n) is 4.77. The van der Waals surface area contributed by atoms with E-state index in [9.17, 15) is 8.42 Å². The highest BCUT2D eigenvalue weighted by atomic mass is 32.2. The number of ether oxygens (including phenoxy) is 1. The molecule has 0 N–H and O–H groups in total. The van der Waals surface area contributed by atoms with Gasteiger partial charge >= 0.3 is 0 Å². The number of piperidine rings is 1. The maximum atomic E-state index is 13.1. The molecule has 2 saturated heterocycles. The van der Waals surface area contributed by atoms with Crippen LogP contribution in [0.1, 0.15) is 43.0 Å². The van der Waals surface area contributed by atoms with Crippen molar-refractivity contribution in [3.05, 3.63) is 77.9 Å². The molecule has 2 aromatic carbocycles. The van der Waals surface area contributed by atoms with Crippen LogP contribution in [-0.2, 0) is 26.6 Å². The molecule has 2 aliphatic heterocycles. The Balaban J connectivity index is 1.42. The Morgan fingerprint density at radius 2 is 1.69 bits per heavy atom. The summed E-state index contributed by atoms with van der Waals surface area (Å²) in [6, 6.07) is 18.7. The number of hydrogen-bond acceptors (Lipinski definition) is 6. The van der Waals surface area contributed by atoms with E-state index < -0.39 is 15.4 Å². The lowest BCUT2D eigenvalue weighted by molar-refractivity contribution is 0.109. The molecule has 32 heavy (non-hydrogen) atoms. The molecule has 0 radical (unpaired) electrons. The SMILES string of the molecule is O=S(=O)(c1ccccc1)N1CCC(c2ccccc2)(c2nc(CC3CCCO3)no2)CC1.